The first-order chi connectivity index (χ1) is 7.28. The molecule has 4 nitrogen and oxygen atoms in total. The first-order valence-corrected chi connectivity index (χ1v) is 5.94. The van der Waals surface area contributed by atoms with Gasteiger partial charge in [0.15, 0.2) is 5.96 Å². The van der Waals surface area contributed by atoms with Gasteiger partial charge in [-0.05, 0) is 32.6 Å². The predicted molar refractivity (Wildman–Crippen MR) is 60.9 cm³/mol. The topological polar surface area (TPSA) is 56.7 Å². The SMILES string of the molecule is CCNC(=NCC1(CO)CC1)NC1CC1. The summed E-state index contributed by atoms with van der Waals surface area (Å²) in [5, 5.41) is 15.8. The van der Waals surface area contributed by atoms with E-state index in [4.69, 9.17) is 0 Å². The van der Waals surface area contributed by atoms with Crippen molar-refractivity contribution in [3.63, 3.8) is 0 Å². The van der Waals surface area contributed by atoms with Crippen LogP contribution in [0.15, 0.2) is 4.99 Å². The van der Waals surface area contributed by atoms with E-state index in [1.807, 2.05) is 0 Å². The van der Waals surface area contributed by atoms with Gasteiger partial charge < -0.3 is 15.7 Å². The first-order valence-electron chi connectivity index (χ1n) is 5.94. The van der Waals surface area contributed by atoms with Crippen molar-refractivity contribution < 1.29 is 5.11 Å². The van der Waals surface area contributed by atoms with Crippen LogP contribution in [0.4, 0.5) is 0 Å². The summed E-state index contributed by atoms with van der Waals surface area (Å²) in [6.07, 6.45) is 4.76. The van der Waals surface area contributed by atoms with Gasteiger partial charge in [-0.25, -0.2) is 0 Å². The molecule has 0 radical (unpaired) electrons. The number of aliphatic hydroxyl groups excluding tert-OH is 1. The third-order valence-electron chi connectivity index (χ3n) is 3.13. The van der Waals surface area contributed by atoms with E-state index in [2.05, 4.69) is 22.5 Å². The number of aliphatic hydroxyl groups is 1. The predicted octanol–water partition coefficient (Wildman–Crippen LogP) is 0.476. The molecule has 0 amide bonds. The zero-order chi connectivity index (χ0) is 10.7. The van der Waals surface area contributed by atoms with Gasteiger partial charge in [0.1, 0.15) is 0 Å². The van der Waals surface area contributed by atoms with Crippen molar-refractivity contribution in [3.05, 3.63) is 0 Å². The molecule has 0 bridgehead atoms. The first kappa shape index (κ1) is 10.7. The van der Waals surface area contributed by atoms with Crippen molar-refractivity contribution in [1.29, 1.82) is 0 Å². The van der Waals surface area contributed by atoms with Crippen LogP contribution in [0.5, 0.6) is 0 Å². The molecule has 4 heteroatoms. The number of guanidine groups is 1. The van der Waals surface area contributed by atoms with Gasteiger partial charge in [0, 0.05) is 18.0 Å². The largest absolute Gasteiger partial charge is 0.396 e. The van der Waals surface area contributed by atoms with Crippen molar-refractivity contribution in [2.24, 2.45) is 10.4 Å². The maximum atomic E-state index is 9.18. The van der Waals surface area contributed by atoms with E-state index in [0.29, 0.717) is 6.04 Å². The van der Waals surface area contributed by atoms with Crippen molar-refractivity contribution >= 4 is 5.96 Å². The van der Waals surface area contributed by atoms with Crippen LogP contribution in [-0.2, 0) is 0 Å². The van der Waals surface area contributed by atoms with Crippen LogP contribution in [0.3, 0.4) is 0 Å². The van der Waals surface area contributed by atoms with E-state index in [0.717, 1.165) is 31.9 Å². The quantitative estimate of drug-likeness (QED) is 0.458. The molecule has 0 spiro atoms. The molecule has 0 atom stereocenters. The smallest absolute Gasteiger partial charge is 0.191 e. The van der Waals surface area contributed by atoms with E-state index < -0.39 is 0 Å². The summed E-state index contributed by atoms with van der Waals surface area (Å²) in [7, 11) is 0. The van der Waals surface area contributed by atoms with Crippen molar-refractivity contribution in [2.75, 3.05) is 19.7 Å². The standard InChI is InChI=1S/C11H21N3O/c1-2-12-10(14-9-3-4-9)13-7-11(8-15)5-6-11/h9,15H,2-8H2,1H3,(H2,12,13,14). The molecule has 2 aliphatic carbocycles. The Hall–Kier alpha value is -0.770. The number of hydrogen-bond donors (Lipinski definition) is 3. The molecule has 2 fully saturated rings. The van der Waals surface area contributed by atoms with Crippen LogP contribution in [0.2, 0.25) is 0 Å². The Morgan fingerprint density at radius 3 is 2.67 bits per heavy atom. The molecule has 0 saturated heterocycles. The maximum absolute atomic E-state index is 9.18. The zero-order valence-electron chi connectivity index (χ0n) is 9.42. The molecule has 2 aliphatic rings. The fraction of sp³-hybridized carbons (Fsp3) is 0.909. The summed E-state index contributed by atoms with van der Waals surface area (Å²) in [5.41, 5.74) is 0.117. The zero-order valence-corrected chi connectivity index (χ0v) is 9.42. The number of nitrogens with zero attached hydrogens (tertiary/aromatic N) is 1. The molecule has 0 aliphatic heterocycles. The third-order valence-corrected chi connectivity index (χ3v) is 3.13. The third kappa shape index (κ3) is 3.09. The number of rotatable bonds is 5. The molecule has 2 saturated carbocycles. The monoisotopic (exact) mass is 211 g/mol. The van der Waals surface area contributed by atoms with Gasteiger partial charge in [0.05, 0.1) is 13.2 Å². The second kappa shape index (κ2) is 4.39. The van der Waals surface area contributed by atoms with Gasteiger partial charge in [-0.15, -0.1) is 0 Å². The Morgan fingerprint density at radius 1 is 1.47 bits per heavy atom. The van der Waals surface area contributed by atoms with Gasteiger partial charge in [-0.3, -0.25) is 4.99 Å². The average molecular weight is 211 g/mol. The Balaban J connectivity index is 1.82. The number of nitrogens with one attached hydrogen (secondary N) is 2. The highest BCUT2D eigenvalue weighted by Gasteiger charge is 2.41. The normalized spacial score (nSPS) is 23.7. The summed E-state index contributed by atoms with van der Waals surface area (Å²) in [4.78, 5) is 4.53. The fourth-order valence-corrected chi connectivity index (χ4v) is 1.53. The minimum absolute atomic E-state index is 0.117. The number of hydrogen-bond acceptors (Lipinski definition) is 2. The molecule has 0 aromatic heterocycles. The molecule has 3 N–H and O–H groups in total. The highest BCUT2D eigenvalue weighted by molar-refractivity contribution is 5.80. The Labute approximate surface area is 91.2 Å². The Morgan fingerprint density at radius 2 is 2.20 bits per heavy atom. The lowest BCUT2D eigenvalue weighted by atomic mass is 10.1. The lowest BCUT2D eigenvalue weighted by Gasteiger charge is -2.13. The van der Waals surface area contributed by atoms with E-state index >= 15 is 0 Å². The van der Waals surface area contributed by atoms with Crippen LogP contribution in [0.1, 0.15) is 32.6 Å². The lowest BCUT2D eigenvalue weighted by Crippen LogP contribution is -2.39. The van der Waals surface area contributed by atoms with E-state index in [-0.39, 0.29) is 12.0 Å². The minimum Gasteiger partial charge on any atom is -0.396 e. The Kier molecular flexibility index (Phi) is 3.14. The van der Waals surface area contributed by atoms with Crippen LogP contribution >= 0.6 is 0 Å². The molecule has 86 valence electrons. The van der Waals surface area contributed by atoms with Gasteiger partial charge in [-0.2, -0.15) is 0 Å². The molecule has 2 rings (SSSR count). The van der Waals surface area contributed by atoms with Crippen LogP contribution in [-0.4, -0.2) is 36.8 Å². The summed E-state index contributed by atoms with van der Waals surface area (Å²) < 4.78 is 0. The summed E-state index contributed by atoms with van der Waals surface area (Å²) in [6.45, 7) is 4.00. The van der Waals surface area contributed by atoms with Gasteiger partial charge in [0.2, 0.25) is 0 Å². The summed E-state index contributed by atoms with van der Waals surface area (Å²) >= 11 is 0. The maximum Gasteiger partial charge on any atom is 0.191 e. The summed E-state index contributed by atoms with van der Waals surface area (Å²) in [6, 6.07) is 0.632. The second-order valence-electron chi connectivity index (χ2n) is 4.77. The molecule has 0 aromatic rings. The molecule has 0 aromatic carbocycles. The van der Waals surface area contributed by atoms with Crippen LogP contribution < -0.4 is 10.6 Å². The van der Waals surface area contributed by atoms with Crippen molar-refractivity contribution in [1.82, 2.24) is 10.6 Å². The van der Waals surface area contributed by atoms with Crippen LogP contribution in [0.25, 0.3) is 0 Å². The summed E-state index contributed by atoms with van der Waals surface area (Å²) in [5.74, 6) is 0.916. The van der Waals surface area contributed by atoms with E-state index in [1.165, 1.54) is 12.8 Å². The van der Waals surface area contributed by atoms with E-state index in [9.17, 15) is 5.11 Å². The van der Waals surface area contributed by atoms with E-state index in [1.54, 1.807) is 0 Å². The molecular formula is C11H21N3O. The number of aliphatic imine (C=N–C) groups is 1. The lowest BCUT2D eigenvalue weighted by molar-refractivity contribution is 0.217. The minimum atomic E-state index is 0.117. The molecule has 0 unspecified atom stereocenters. The molecule has 15 heavy (non-hydrogen) atoms. The highest BCUT2D eigenvalue weighted by atomic mass is 16.3. The van der Waals surface area contributed by atoms with Crippen LogP contribution in [0, 0.1) is 5.41 Å². The second-order valence-corrected chi connectivity index (χ2v) is 4.77. The molecule has 0 heterocycles. The van der Waals surface area contributed by atoms with Gasteiger partial charge in [0.25, 0.3) is 0 Å². The Bertz CT molecular complexity index is 244. The average Bonchev–Trinajstić information content (AvgIpc) is 3.12. The fourth-order valence-electron chi connectivity index (χ4n) is 1.53. The van der Waals surface area contributed by atoms with Crippen molar-refractivity contribution in [2.45, 2.75) is 38.6 Å². The van der Waals surface area contributed by atoms with Gasteiger partial charge >= 0.3 is 0 Å². The van der Waals surface area contributed by atoms with Crippen molar-refractivity contribution in [3.8, 4) is 0 Å². The van der Waals surface area contributed by atoms with Gasteiger partial charge in [-0.1, -0.05) is 0 Å². The molecular weight excluding hydrogens is 190 g/mol. The highest BCUT2D eigenvalue weighted by Crippen LogP contribution is 2.45.